The van der Waals surface area contributed by atoms with E-state index in [9.17, 15) is 0 Å². The van der Waals surface area contributed by atoms with Crippen LogP contribution in [0.25, 0.3) is 0 Å². The van der Waals surface area contributed by atoms with E-state index in [1.165, 1.54) is 0 Å². The van der Waals surface area contributed by atoms with Crippen LogP contribution in [0.15, 0.2) is 8.96 Å². The van der Waals surface area contributed by atoms with Crippen molar-refractivity contribution in [2.75, 3.05) is 20.3 Å². The topological polar surface area (TPSA) is 18.5 Å². The predicted octanol–water partition coefficient (Wildman–Crippen LogP) is 3.49. The van der Waals surface area contributed by atoms with Gasteiger partial charge >= 0.3 is 0 Å². The first-order valence-corrected chi connectivity index (χ1v) is 9.02. The van der Waals surface area contributed by atoms with Gasteiger partial charge in [0.2, 0.25) is 0 Å². The summed E-state index contributed by atoms with van der Waals surface area (Å²) in [7, 11) is 0.253. The van der Waals surface area contributed by atoms with Crippen LogP contribution in [0.1, 0.15) is 0 Å². The lowest BCUT2D eigenvalue weighted by atomic mass is 10.5. The van der Waals surface area contributed by atoms with E-state index in [0.717, 1.165) is 8.96 Å². The first kappa shape index (κ1) is 13.8. The van der Waals surface area contributed by atoms with E-state index < -0.39 is 8.32 Å². The molecule has 0 spiro atoms. The summed E-state index contributed by atoms with van der Waals surface area (Å²) >= 11 is 6.86. The Morgan fingerprint density at radius 1 is 1.08 bits per heavy atom. The predicted molar refractivity (Wildman–Crippen MR) is 66.1 cm³/mol. The Kier molecular flexibility index (Phi) is 6.75. The smallest absolute Gasteiger partial charge is 0.184 e. The minimum Gasteiger partial charge on any atom is -0.413 e. The summed E-state index contributed by atoms with van der Waals surface area (Å²) in [6, 6.07) is 0. The molecule has 0 heterocycles. The van der Waals surface area contributed by atoms with Crippen LogP contribution in [-0.2, 0) is 9.16 Å². The van der Waals surface area contributed by atoms with Gasteiger partial charge in [0.05, 0.1) is 13.2 Å². The molecule has 0 unspecified atom stereocenters. The highest BCUT2D eigenvalue weighted by Crippen LogP contribution is 2.19. The molecule has 2 nitrogen and oxygen atoms in total. The fraction of sp³-hybridized carbons (Fsp3) is 0.750. The minimum absolute atomic E-state index is 0.579. The number of halogens is 2. The maximum atomic E-state index is 5.71. The first-order valence-electron chi connectivity index (χ1n) is 4.02. The van der Waals surface area contributed by atoms with Crippen molar-refractivity contribution in [3.63, 3.8) is 0 Å². The molecular formula is C8H16Br2O2Si. The SMILES string of the molecule is COCC(Br)=C(Br)CO[Si](C)(C)C. The molecule has 0 aromatic carbocycles. The highest BCUT2D eigenvalue weighted by atomic mass is 79.9. The Hall–Kier alpha value is 0.837. The molecule has 0 bridgehead atoms. The van der Waals surface area contributed by atoms with Crippen LogP contribution in [0.3, 0.4) is 0 Å². The zero-order valence-electron chi connectivity index (χ0n) is 8.49. The maximum Gasteiger partial charge on any atom is 0.184 e. The van der Waals surface area contributed by atoms with Gasteiger partial charge in [0.1, 0.15) is 0 Å². The van der Waals surface area contributed by atoms with Gasteiger partial charge in [-0.05, 0) is 19.6 Å². The molecule has 0 radical (unpaired) electrons. The van der Waals surface area contributed by atoms with Crippen LogP contribution < -0.4 is 0 Å². The van der Waals surface area contributed by atoms with Crippen molar-refractivity contribution in [3.05, 3.63) is 8.96 Å². The van der Waals surface area contributed by atoms with Crippen LogP contribution >= 0.6 is 31.9 Å². The first-order chi connectivity index (χ1) is 5.87. The van der Waals surface area contributed by atoms with Gasteiger partial charge in [-0.25, -0.2) is 0 Å². The lowest BCUT2D eigenvalue weighted by Gasteiger charge is -2.17. The highest BCUT2D eigenvalue weighted by molar-refractivity contribution is 9.14. The quantitative estimate of drug-likeness (QED) is 0.718. The summed E-state index contributed by atoms with van der Waals surface area (Å²) in [5.74, 6) is 0. The number of hydrogen-bond acceptors (Lipinski definition) is 2. The summed E-state index contributed by atoms with van der Waals surface area (Å²) in [5.41, 5.74) is 0. The van der Waals surface area contributed by atoms with Crippen LogP contribution in [0.4, 0.5) is 0 Å². The van der Waals surface area contributed by atoms with Crippen molar-refractivity contribution in [3.8, 4) is 0 Å². The van der Waals surface area contributed by atoms with Crippen molar-refractivity contribution in [1.29, 1.82) is 0 Å². The molecule has 5 heteroatoms. The summed E-state index contributed by atoms with van der Waals surface area (Å²) in [5, 5.41) is 0. The number of hydrogen-bond donors (Lipinski definition) is 0. The monoisotopic (exact) mass is 330 g/mol. The zero-order valence-corrected chi connectivity index (χ0v) is 12.7. The molecule has 0 N–H and O–H groups in total. The molecule has 78 valence electrons. The van der Waals surface area contributed by atoms with E-state index in [1.807, 2.05) is 0 Å². The van der Waals surface area contributed by atoms with Crippen molar-refractivity contribution in [2.45, 2.75) is 19.6 Å². The third-order valence-electron chi connectivity index (χ3n) is 1.20. The molecule has 0 saturated heterocycles. The van der Waals surface area contributed by atoms with Gasteiger partial charge in [-0.3, -0.25) is 0 Å². The molecule has 0 atom stereocenters. The molecule has 0 aliphatic rings. The summed E-state index contributed by atoms with van der Waals surface area (Å²) < 4.78 is 12.7. The Labute approximate surface area is 98.1 Å². The summed E-state index contributed by atoms with van der Waals surface area (Å²) in [4.78, 5) is 0. The fourth-order valence-electron chi connectivity index (χ4n) is 0.563. The van der Waals surface area contributed by atoms with Gasteiger partial charge in [-0.15, -0.1) is 0 Å². The Bertz CT molecular complexity index is 187. The largest absolute Gasteiger partial charge is 0.413 e. The number of rotatable bonds is 5. The number of ether oxygens (including phenoxy) is 1. The lowest BCUT2D eigenvalue weighted by molar-refractivity contribution is 0.231. The molecular weight excluding hydrogens is 316 g/mol. The van der Waals surface area contributed by atoms with Crippen molar-refractivity contribution >= 4 is 40.2 Å². The molecule has 13 heavy (non-hydrogen) atoms. The van der Waals surface area contributed by atoms with Crippen molar-refractivity contribution < 1.29 is 9.16 Å². The normalized spacial score (nSPS) is 14.3. The van der Waals surface area contributed by atoms with Crippen LogP contribution in [0, 0.1) is 0 Å². The van der Waals surface area contributed by atoms with Gasteiger partial charge < -0.3 is 9.16 Å². The highest BCUT2D eigenvalue weighted by Gasteiger charge is 2.14. The molecule has 0 fully saturated rings. The minimum atomic E-state index is -1.41. The molecule has 0 aliphatic carbocycles. The van der Waals surface area contributed by atoms with Crippen molar-refractivity contribution in [1.82, 2.24) is 0 Å². The van der Waals surface area contributed by atoms with E-state index in [1.54, 1.807) is 7.11 Å². The second kappa shape index (κ2) is 6.34. The third-order valence-corrected chi connectivity index (χ3v) is 4.15. The van der Waals surface area contributed by atoms with Gasteiger partial charge in [-0.1, -0.05) is 31.9 Å². The van der Waals surface area contributed by atoms with Gasteiger partial charge in [0, 0.05) is 16.1 Å². The van der Waals surface area contributed by atoms with E-state index in [-0.39, 0.29) is 0 Å². The van der Waals surface area contributed by atoms with Crippen LogP contribution in [-0.4, -0.2) is 28.6 Å². The molecule has 0 saturated carbocycles. The molecule has 0 rings (SSSR count). The second-order valence-electron chi connectivity index (χ2n) is 3.64. The van der Waals surface area contributed by atoms with Gasteiger partial charge in [-0.2, -0.15) is 0 Å². The van der Waals surface area contributed by atoms with E-state index in [2.05, 4.69) is 51.5 Å². The molecule has 0 aliphatic heterocycles. The summed E-state index contributed by atoms with van der Waals surface area (Å²) in [6.07, 6.45) is 0. The van der Waals surface area contributed by atoms with Crippen molar-refractivity contribution in [2.24, 2.45) is 0 Å². The Balaban J connectivity index is 3.98. The molecule has 0 aromatic heterocycles. The summed E-state index contributed by atoms with van der Waals surface area (Å²) in [6.45, 7) is 7.70. The fourth-order valence-corrected chi connectivity index (χ4v) is 1.92. The zero-order chi connectivity index (χ0) is 10.5. The third kappa shape index (κ3) is 7.87. The average molecular weight is 332 g/mol. The maximum absolute atomic E-state index is 5.71. The lowest BCUT2D eigenvalue weighted by Crippen LogP contribution is -2.26. The number of methoxy groups -OCH3 is 1. The molecule has 0 amide bonds. The standard InChI is InChI=1S/C8H16Br2O2Si/c1-11-5-7(9)8(10)6-12-13(2,3)4/h5-6H2,1-4H3. The Morgan fingerprint density at radius 3 is 1.92 bits per heavy atom. The molecule has 0 aromatic rings. The average Bonchev–Trinajstić information content (AvgIpc) is 1.99. The van der Waals surface area contributed by atoms with Gasteiger partial charge in [0.25, 0.3) is 0 Å². The van der Waals surface area contributed by atoms with E-state index in [4.69, 9.17) is 9.16 Å². The second-order valence-corrected chi connectivity index (χ2v) is 10.1. The van der Waals surface area contributed by atoms with Crippen LogP contribution in [0.2, 0.25) is 19.6 Å². The van der Waals surface area contributed by atoms with E-state index in [0.29, 0.717) is 13.2 Å². The van der Waals surface area contributed by atoms with E-state index >= 15 is 0 Å². The van der Waals surface area contributed by atoms with Gasteiger partial charge in [0.15, 0.2) is 8.32 Å². The Morgan fingerprint density at radius 2 is 1.54 bits per heavy atom. The van der Waals surface area contributed by atoms with Crippen LogP contribution in [0.5, 0.6) is 0 Å².